The predicted octanol–water partition coefficient (Wildman–Crippen LogP) is 5.06. The number of nitrogens with zero attached hydrogens (tertiary/aromatic N) is 2. The third kappa shape index (κ3) is 4.33. The lowest BCUT2D eigenvalue weighted by molar-refractivity contribution is 0.102. The minimum atomic E-state index is -3.31. The van der Waals surface area contributed by atoms with Gasteiger partial charge in [0.25, 0.3) is 5.91 Å². The Hall–Kier alpha value is -2.59. The fraction of sp³-hybridized carbons (Fsp3) is 0.250. The molecule has 1 amide bonds. The van der Waals surface area contributed by atoms with Crippen molar-refractivity contribution in [1.29, 1.82) is 0 Å². The second-order valence-electron chi connectivity index (χ2n) is 8.06. The van der Waals surface area contributed by atoms with Crippen LogP contribution in [0.3, 0.4) is 0 Å². The van der Waals surface area contributed by atoms with Crippen LogP contribution in [0.4, 0.5) is 5.00 Å². The van der Waals surface area contributed by atoms with Crippen molar-refractivity contribution in [2.75, 3.05) is 24.7 Å². The van der Waals surface area contributed by atoms with Gasteiger partial charge in [0.15, 0.2) is 9.84 Å². The molecule has 2 aromatic heterocycles. The van der Waals surface area contributed by atoms with E-state index >= 15 is 0 Å². The number of sulfone groups is 1. The second kappa shape index (κ2) is 8.64. The highest BCUT2D eigenvalue weighted by molar-refractivity contribution is 7.90. The summed E-state index contributed by atoms with van der Waals surface area (Å²) in [5, 5.41) is 4.81. The molecule has 0 spiro atoms. The topological polar surface area (TPSA) is 79.4 Å². The van der Waals surface area contributed by atoms with Crippen LogP contribution in [0.15, 0.2) is 53.4 Å². The van der Waals surface area contributed by atoms with Crippen LogP contribution >= 0.6 is 22.7 Å². The van der Waals surface area contributed by atoms with Gasteiger partial charge in [0.1, 0.15) is 10.0 Å². The fourth-order valence-corrected chi connectivity index (χ4v) is 7.07. The lowest BCUT2D eigenvalue weighted by Gasteiger charge is -2.25. The number of amides is 1. The van der Waals surface area contributed by atoms with Gasteiger partial charge in [0.2, 0.25) is 0 Å². The van der Waals surface area contributed by atoms with Crippen LogP contribution < -0.4 is 5.32 Å². The largest absolute Gasteiger partial charge is 0.313 e. The molecule has 0 radical (unpaired) electrons. The van der Waals surface area contributed by atoms with Gasteiger partial charge >= 0.3 is 0 Å². The first-order valence-electron chi connectivity index (χ1n) is 10.7. The van der Waals surface area contributed by atoms with E-state index in [0.717, 1.165) is 58.1 Å². The van der Waals surface area contributed by atoms with Gasteiger partial charge < -0.3 is 5.32 Å². The number of likely N-dealkylation sites (N-methyl/N-ethyl adjacent to an activating group) is 1. The number of rotatable bonds is 5. The van der Waals surface area contributed by atoms with Gasteiger partial charge in [0, 0.05) is 35.3 Å². The molecule has 0 saturated heterocycles. The molecule has 0 atom stereocenters. The van der Waals surface area contributed by atoms with Gasteiger partial charge in [-0.25, -0.2) is 13.4 Å². The molecule has 3 heterocycles. The fourth-order valence-electron chi connectivity index (χ4n) is 4.05. The van der Waals surface area contributed by atoms with Crippen molar-refractivity contribution in [2.45, 2.75) is 24.8 Å². The van der Waals surface area contributed by atoms with Gasteiger partial charge in [0.05, 0.1) is 15.1 Å². The summed E-state index contributed by atoms with van der Waals surface area (Å²) < 4.78 is 24.6. The van der Waals surface area contributed by atoms with E-state index in [4.69, 9.17) is 4.98 Å². The van der Waals surface area contributed by atoms with Crippen molar-refractivity contribution in [3.8, 4) is 10.6 Å². The molecule has 0 saturated carbocycles. The van der Waals surface area contributed by atoms with E-state index < -0.39 is 9.84 Å². The minimum absolute atomic E-state index is 0.195. The summed E-state index contributed by atoms with van der Waals surface area (Å²) in [5.41, 5.74) is 3.66. The Morgan fingerprint density at radius 3 is 2.58 bits per heavy atom. The lowest BCUT2D eigenvalue weighted by atomic mass is 10.0. The normalized spacial score (nSPS) is 14.4. The molecule has 1 aliphatic rings. The summed E-state index contributed by atoms with van der Waals surface area (Å²) in [6.07, 6.45) is 2.08. The second-order valence-corrected chi connectivity index (χ2v) is 12.2. The lowest BCUT2D eigenvalue weighted by Crippen LogP contribution is -2.29. The number of benzene rings is 2. The number of anilines is 1. The zero-order valence-corrected chi connectivity index (χ0v) is 20.7. The molecular formula is C24H23N3O3S3. The van der Waals surface area contributed by atoms with E-state index in [9.17, 15) is 13.2 Å². The smallest absolute Gasteiger partial charge is 0.256 e. The molecule has 1 N–H and O–H groups in total. The SMILES string of the molecule is CCN1CCc2c(sc(NC(=O)c3ccc(S(C)(=O)=O)cc3)c2-c2nc3ccccc3s2)C1. The van der Waals surface area contributed by atoms with E-state index in [1.165, 1.54) is 22.6 Å². The molecule has 170 valence electrons. The number of thiazole rings is 1. The van der Waals surface area contributed by atoms with Crippen LogP contribution in [0.5, 0.6) is 0 Å². The highest BCUT2D eigenvalue weighted by Gasteiger charge is 2.27. The van der Waals surface area contributed by atoms with E-state index in [-0.39, 0.29) is 10.8 Å². The number of carbonyl (C=O) groups excluding carboxylic acids is 1. The Balaban J connectivity index is 1.54. The van der Waals surface area contributed by atoms with E-state index in [0.29, 0.717) is 5.56 Å². The Morgan fingerprint density at radius 2 is 1.88 bits per heavy atom. The predicted molar refractivity (Wildman–Crippen MR) is 135 cm³/mol. The molecule has 0 fully saturated rings. The molecule has 0 unspecified atom stereocenters. The van der Waals surface area contributed by atoms with Crippen LogP contribution in [-0.2, 0) is 22.8 Å². The zero-order chi connectivity index (χ0) is 23.2. The van der Waals surface area contributed by atoms with Crippen LogP contribution in [-0.4, -0.2) is 43.6 Å². The van der Waals surface area contributed by atoms with Crippen molar-refractivity contribution in [3.05, 3.63) is 64.5 Å². The summed E-state index contributed by atoms with van der Waals surface area (Å²) in [6.45, 7) is 5.00. The number of carbonyl (C=O) groups is 1. The first-order valence-corrected chi connectivity index (χ1v) is 14.2. The maximum absolute atomic E-state index is 13.1. The summed E-state index contributed by atoms with van der Waals surface area (Å²) in [4.78, 5) is 21.8. The molecule has 9 heteroatoms. The van der Waals surface area contributed by atoms with E-state index in [1.807, 2.05) is 18.2 Å². The van der Waals surface area contributed by atoms with Crippen molar-refractivity contribution in [2.24, 2.45) is 0 Å². The Kier molecular flexibility index (Phi) is 5.82. The molecule has 2 aromatic carbocycles. The third-order valence-corrected chi connectivity index (χ3v) is 9.18. The van der Waals surface area contributed by atoms with Crippen LogP contribution in [0.2, 0.25) is 0 Å². The molecule has 6 nitrogen and oxygen atoms in total. The summed E-state index contributed by atoms with van der Waals surface area (Å²) in [5.74, 6) is -0.261. The highest BCUT2D eigenvalue weighted by atomic mass is 32.2. The number of fused-ring (bicyclic) bond motifs is 2. The number of nitrogens with one attached hydrogen (secondary N) is 1. The quantitative estimate of drug-likeness (QED) is 0.417. The number of hydrogen-bond donors (Lipinski definition) is 1. The first-order chi connectivity index (χ1) is 15.8. The Morgan fingerprint density at radius 1 is 1.12 bits per heavy atom. The summed E-state index contributed by atoms with van der Waals surface area (Å²) >= 11 is 3.25. The molecule has 33 heavy (non-hydrogen) atoms. The standard InChI is InChI=1S/C24H23N3O3S3/c1-3-27-13-12-17-20(14-27)32-24(21(17)23-25-18-6-4-5-7-19(18)31-23)26-22(28)15-8-10-16(11-9-15)33(2,29)30/h4-11H,3,12-14H2,1-2H3,(H,26,28). The number of aromatic nitrogens is 1. The maximum atomic E-state index is 13.1. The molecule has 1 aliphatic heterocycles. The first kappa shape index (κ1) is 22.2. The van der Waals surface area contributed by atoms with Crippen molar-refractivity contribution in [1.82, 2.24) is 9.88 Å². The average Bonchev–Trinajstić information content (AvgIpc) is 3.38. The zero-order valence-electron chi connectivity index (χ0n) is 18.3. The van der Waals surface area contributed by atoms with Gasteiger partial charge in [-0.3, -0.25) is 9.69 Å². The van der Waals surface area contributed by atoms with Crippen LogP contribution in [0.25, 0.3) is 20.8 Å². The van der Waals surface area contributed by atoms with Crippen molar-refractivity contribution in [3.63, 3.8) is 0 Å². The number of thiophene rings is 1. The molecule has 5 rings (SSSR count). The summed E-state index contributed by atoms with van der Waals surface area (Å²) in [6, 6.07) is 14.1. The average molecular weight is 498 g/mol. The van der Waals surface area contributed by atoms with Crippen molar-refractivity contribution < 1.29 is 13.2 Å². The van der Waals surface area contributed by atoms with E-state index in [2.05, 4.69) is 23.2 Å². The van der Waals surface area contributed by atoms with E-state index in [1.54, 1.807) is 34.8 Å². The van der Waals surface area contributed by atoms with Gasteiger partial charge in [-0.05, 0) is 54.9 Å². The number of hydrogen-bond acceptors (Lipinski definition) is 7. The van der Waals surface area contributed by atoms with Crippen molar-refractivity contribution >= 4 is 53.6 Å². The monoisotopic (exact) mass is 497 g/mol. The summed E-state index contributed by atoms with van der Waals surface area (Å²) in [7, 11) is -3.31. The van der Waals surface area contributed by atoms with Gasteiger partial charge in [-0.2, -0.15) is 0 Å². The molecule has 0 bridgehead atoms. The minimum Gasteiger partial charge on any atom is -0.313 e. The molecule has 4 aromatic rings. The Bertz CT molecular complexity index is 1420. The molecule has 0 aliphatic carbocycles. The maximum Gasteiger partial charge on any atom is 0.256 e. The Labute approximate surface area is 200 Å². The molecular weight excluding hydrogens is 474 g/mol. The van der Waals surface area contributed by atoms with Crippen LogP contribution in [0, 0.1) is 0 Å². The van der Waals surface area contributed by atoms with Gasteiger partial charge in [-0.1, -0.05) is 19.1 Å². The van der Waals surface area contributed by atoms with Crippen LogP contribution in [0.1, 0.15) is 27.7 Å². The third-order valence-electron chi connectivity index (χ3n) is 5.86. The highest BCUT2D eigenvalue weighted by Crippen LogP contribution is 2.45. The number of para-hydroxylation sites is 1. The van der Waals surface area contributed by atoms with Gasteiger partial charge in [-0.15, -0.1) is 22.7 Å².